The van der Waals surface area contributed by atoms with Gasteiger partial charge in [0, 0.05) is 43.2 Å². The van der Waals surface area contributed by atoms with Crippen LogP contribution in [0.5, 0.6) is 0 Å². The fourth-order valence-electron chi connectivity index (χ4n) is 3.30. The quantitative estimate of drug-likeness (QED) is 0.724. The molecule has 5 nitrogen and oxygen atoms in total. The standard InChI is InChI=1S/C19H20N4OS/c1-22-11-9-16(21-22)15-8-5-10-23(12-15)19(24)17-13-25-18(20-17)14-6-3-2-4-7-14/h2-4,6-7,9,11,13,15H,5,8,10,12H2,1H3/t15-/m0/s1. The van der Waals surface area contributed by atoms with Crippen molar-refractivity contribution in [3.8, 4) is 10.6 Å². The Morgan fingerprint density at radius 2 is 2.08 bits per heavy atom. The second-order valence-corrected chi connectivity index (χ2v) is 7.27. The minimum atomic E-state index is 0.0269. The van der Waals surface area contributed by atoms with E-state index in [0.29, 0.717) is 18.2 Å². The summed E-state index contributed by atoms with van der Waals surface area (Å²) < 4.78 is 1.82. The van der Waals surface area contributed by atoms with E-state index in [0.717, 1.165) is 35.7 Å². The van der Waals surface area contributed by atoms with Gasteiger partial charge in [0.2, 0.25) is 0 Å². The molecule has 3 heterocycles. The second kappa shape index (κ2) is 6.80. The van der Waals surface area contributed by atoms with Crippen LogP contribution in [-0.4, -0.2) is 38.7 Å². The number of piperidine rings is 1. The van der Waals surface area contributed by atoms with Crippen LogP contribution in [-0.2, 0) is 7.05 Å². The van der Waals surface area contributed by atoms with E-state index in [1.54, 1.807) is 0 Å². The van der Waals surface area contributed by atoms with Gasteiger partial charge in [-0.05, 0) is 18.9 Å². The van der Waals surface area contributed by atoms with E-state index in [1.165, 1.54) is 11.3 Å². The molecule has 0 N–H and O–H groups in total. The Morgan fingerprint density at radius 1 is 1.24 bits per heavy atom. The van der Waals surface area contributed by atoms with Crippen molar-refractivity contribution in [3.05, 3.63) is 59.4 Å². The Labute approximate surface area is 150 Å². The summed E-state index contributed by atoms with van der Waals surface area (Å²) in [6.07, 6.45) is 4.04. The summed E-state index contributed by atoms with van der Waals surface area (Å²) in [5.74, 6) is 0.338. The average molecular weight is 352 g/mol. The van der Waals surface area contributed by atoms with E-state index >= 15 is 0 Å². The van der Waals surface area contributed by atoms with Crippen molar-refractivity contribution in [3.63, 3.8) is 0 Å². The monoisotopic (exact) mass is 352 g/mol. The van der Waals surface area contributed by atoms with Gasteiger partial charge in [-0.1, -0.05) is 30.3 Å². The van der Waals surface area contributed by atoms with E-state index in [2.05, 4.69) is 16.1 Å². The molecule has 3 aromatic rings. The largest absolute Gasteiger partial charge is 0.337 e. The third-order valence-electron chi connectivity index (χ3n) is 4.61. The van der Waals surface area contributed by atoms with Gasteiger partial charge < -0.3 is 4.90 Å². The third kappa shape index (κ3) is 3.35. The number of benzene rings is 1. The number of carbonyl (C=O) groups is 1. The van der Waals surface area contributed by atoms with Crippen molar-refractivity contribution in [2.24, 2.45) is 7.05 Å². The van der Waals surface area contributed by atoms with Gasteiger partial charge in [0.1, 0.15) is 10.7 Å². The van der Waals surface area contributed by atoms with Gasteiger partial charge in [0.05, 0.1) is 5.69 Å². The number of amides is 1. The lowest BCUT2D eigenvalue weighted by molar-refractivity contribution is 0.0700. The molecule has 1 atom stereocenters. The normalized spacial score (nSPS) is 17.6. The van der Waals surface area contributed by atoms with Crippen LogP contribution in [0.2, 0.25) is 0 Å². The molecule has 2 aromatic heterocycles. The molecule has 0 spiro atoms. The predicted octanol–water partition coefficient (Wildman–Crippen LogP) is 3.56. The maximum Gasteiger partial charge on any atom is 0.273 e. The second-order valence-electron chi connectivity index (χ2n) is 6.41. The van der Waals surface area contributed by atoms with Gasteiger partial charge in [0.15, 0.2) is 0 Å². The lowest BCUT2D eigenvalue weighted by atomic mass is 9.95. The minimum Gasteiger partial charge on any atom is -0.337 e. The molecular weight excluding hydrogens is 332 g/mol. The van der Waals surface area contributed by atoms with Gasteiger partial charge in [-0.25, -0.2) is 4.98 Å². The molecule has 4 rings (SSSR count). The highest BCUT2D eigenvalue weighted by molar-refractivity contribution is 7.13. The smallest absolute Gasteiger partial charge is 0.273 e. The first-order chi connectivity index (χ1) is 12.2. The van der Waals surface area contributed by atoms with Crippen LogP contribution in [0.3, 0.4) is 0 Å². The number of rotatable bonds is 3. The van der Waals surface area contributed by atoms with Crippen LogP contribution in [0.1, 0.15) is 34.9 Å². The highest BCUT2D eigenvalue weighted by Crippen LogP contribution is 2.28. The molecule has 128 valence electrons. The van der Waals surface area contributed by atoms with E-state index in [-0.39, 0.29) is 5.91 Å². The topological polar surface area (TPSA) is 51.0 Å². The number of aryl methyl sites for hydroxylation is 1. The summed E-state index contributed by atoms with van der Waals surface area (Å²) in [6, 6.07) is 12.0. The van der Waals surface area contributed by atoms with Crippen LogP contribution >= 0.6 is 11.3 Å². The van der Waals surface area contributed by atoms with E-state index < -0.39 is 0 Å². The molecule has 1 fully saturated rings. The number of nitrogens with zero attached hydrogens (tertiary/aromatic N) is 4. The molecule has 1 saturated heterocycles. The van der Waals surface area contributed by atoms with Crippen molar-refractivity contribution >= 4 is 17.2 Å². The summed E-state index contributed by atoms with van der Waals surface area (Å²) in [7, 11) is 1.93. The fourth-order valence-corrected chi connectivity index (χ4v) is 4.10. The zero-order valence-corrected chi connectivity index (χ0v) is 14.9. The van der Waals surface area contributed by atoms with Crippen LogP contribution in [0.25, 0.3) is 10.6 Å². The number of thiazole rings is 1. The zero-order valence-electron chi connectivity index (χ0n) is 14.1. The number of likely N-dealkylation sites (tertiary alicyclic amines) is 1. The van der Waals surface area contributed by atoms with Gasteiger partial charge in [-0.2, -0.15) is 5.10 Å². The Balaban J connectivity index is 1.50. The minimum absolute atomic E-state index is 0.0269. The number of hydrogen-bond acceptors (Lipinski definition) is 4. The SMILES string of the molecule is Cn1ccc([C@H]2CCCN(C(=O)c3csc(-c4ccccc4)n3)C2)n1. The lowest BCUT2D eigenvalue weighted by Crippen LogP contribution is -2.39. The highest BCUT2D eigenvalue weighted by Gasteiger charge is 2.28. The van der Waals surface area contributed by atoms with E-state index in [4.69, 9.17) is 0 Å². The molecule has 0 saturated carbocycles. The molecule has 1 aromatic carbocycles. The van der Waals surface area contributed by atoms with Gasteiger partial charge >= 0.3 is 0 Å². The Morgan fingerprint density at radius 3 is 2.84 bits per heavy atom. The summed E-state index contributed by atoms with van der Waals surface area (Å²) >= 11 is 1.52. The lowest BCUT2D eigenvalue weighted by Gasteiger charge is -2.31. The first kappa shape index (κ1) is 16.0. The Hall–Kier alpha value is -2.47. The summed E-state index contributed by atoms with van der Waals surface area (Å²) in [4.78, 5) is 19.4. The number of carbonyl (C=O) groups excluding carboxylic acids is 1. The first-order valence-electron chi connectivity index (χ1n) is 8.50. The van der Waals surface area contributed by atoms with Crippen molar-refractivity contribution < 1.29 is 4.79 Å². The van der Waals surface area contributed by atoms with Crippen molar-refractivity contribution in [1.82, 2.24) is 19.7 Å². The third-order valence-corrected chi connectivity index (χ3v) is 5.50. The van der Waals surface area contributed by atoms with Crippen molar-refractivity contribution in [2.45, 2.75) is 18.8 Å². The number of aromatic nitrogens is 3. The highest BCUT2D eigenvalue weighted by atomic mass is 32.1. The van der Waals surface area contributed by atoms with E-state index in [9.17, 15) is 4.79 Å². The molecule has 0 unspecified atom stereocenters. The molecule has 25 heavy (non-hydrogen) atoms. The van der Waals surface area contributed by atoms with Crippen molar-refractivity contribution in [2.75, 3.05) is 13.1 Å². The molecule has 6 heteroatoms. The molecule has 0 radical (unpaired) electrons. The summed E-state index contributed by atoms with van der Waals surface area (Å²) in [5.41, 5.74) is 2.67. The molecule has 1 aliphatic rings. The summed E-state index contributed by atoms with van der Waals surface area (Å²) in [5, 5.41) is 7.27. The van der Waals surface area contributed by atoms with Gasteiger partial charge in [-0.15, -0.1) is 11.3 Å². The van der Waals surface area contributed by atoms with Crippen LogP contribution in [0, 0.1) is 0 Å². The number of hydrogen-bond donors (Lipinski definition) is 0. The zero-order chi connectivity index (χ0) is 17.2. The van der Waals surface area contributed by atoms with Gasteiger partial charge in [-0.3, -0.25) is 9.48 Å². The van der Waals surface area contributed by atoms with Gasteiger partial charge in [0.25, 0.3) is 5.91 Å². The molecule has 0 bridgehead atoms. The molecular formula is C19H20N4OS. The summed E-state index contributed by atoms with van der Waals surface area (Å²) in [6.45, 7) is 1.51. The van der Waals surface area contributed by atoms with Crippen LogP contribution in [0.15, 0.2) is 48.0 Å². The molecule has 0 aliphatic carbocycles. The Kier molecular flexibility index (Phi) is 4.36. The molecule has 1 aliphatic heterocycles. The molecule has 1 amide bonds. The fraction of sp³-hybridized carbons (Fsp3) is 0.316. The maximum absolute atomic E-state index is 12.9. The maximum atomic E-state index is 12.9. The first-order valence-corrected chi connectivity index (χ1v) is 9.38. The van der Waals surface area contributed by atoms with Crippen LogP contribution < -0.4 is 0 Å². The Bertz CT molecular complexity index is 870. The van der Waals surface area contributed by atoms with E-state index in [1.807, 2.05) is 58.5 Å². The predicted molar refractivity (Wildman–Crippen MR) is 98.6 cm³/mol. The average Bonchev–Trinajstić information content (AvgIpc) is 3.31. The van der Waals surface area contributed by atoms with Crippen LogP contribution in [0.4, 0.5) is 0 Å². The van der Waals surface area contributed by atoms with Crippen molar-refractivity contribution in [1.29, 1.82) is 0 Å².